The standard InChI is InChI=1S/C13H25NO6S/c1-2-3-4-5-6-7-10-21(18,19)20-13(17)11(14)8-9-12(15)16/h11H,2-10,14H2,1H3,(H,15,16). The highest BCUT2D eigenvalue weighted by molar-refractivity contribution is 7.87. The van der Waals surface area contributed by atoms with E-state index in [0.29, 0.717) is 6.42 Å². The summed E-state index contributed by atoms with van der Waals surface area (Å²) in [6.07, 6.45) is 5.00. The third kappa shape index (κ3) is 11.2. The highest BCUT2D eigenvalue weighted by atomic mass is 32.2. The summed E-state index contributed by atoms with van der Waals surface area (Å²) in [4.78, 5) is 21.8. The van der Waals surface area contributed by atoms with Gasteiger partial charge in [-0.05, 0) is 12.8 Å². The van der Waals surface area contributed by atoms with Crippen LogP contribution in [-0.4, -0.2) is 37.3 Å². The van der Waals surface area contributed by atoms with E-state index in [4.69, 9.17) is 10.8 Å². The topological polar surface area (TPSA) is 124 Å². The number of rotatable bonds is 12. The first-order valence-corrected chi connectivity index (χ1v) is 8.79. The second kappa shape index (κ2) is 10.6. The van der Waals surface area contributed by atoms with Crippen molar-refractivity contribution >= 4 is 22.1 Å². The minimum Gasteiger partial charge on any atom is -0.481 e. The fourth-order valence-electron chi connectivity index (χ4n) is 1.68. The van der Waals surface area contributed by atoms with Gasteiger partial charge in [-0.15, -0.1) is 0 Å². The van der Waals surface area contributed by atoms with E-state index < -0.39 is 28.1 Å². The van der Waals surface area contributed by atoms with E-state index in [-0.39, 0.29) is 18.6 Å². The predicted molar refractivity (Wildman–Crippen MR) is 78.1 cm³/mol. The number of carbonyl (C=O) groups excluding carboxylic acids is 1. The number of carboxylic acid groups (broad SMARTS) is 1. The third-order valence-electron chi connectivity index (χ3n) is 2.93. The van der Waals surface area contributed by atoms with Crippen molar-refractivity contribution in [2.75, 3.05) is 5.75 Å². The second-order valence-corrected chi connectivity index (χ2v) is 6.66. The summed E-state index contributed by atoms with van der Waals surface area (Å²) in [5.41, 5.74) is 5.38. The van der Waals surface area contributed by atoms with Crippen molar-refractivity contribution < 1.29 is 27.3 Å². The zero-order valence-electron chi connectivity index (χ0n) is 12.4. The lowest BCUT2D eigenvalue weighted by molar-refractivity contribution is -0.138. The van der Waals surface area contributed by atoms with Crippen molar-refractivity contribution in [3.63, 3.8) is 0 Å². The molecular weight excluding hydrogens is 298 g/mol. The monoisotopic (exact) mass is 323 g/mol. The molecule has 0 bridgehead atoms. The number of hydrogen-bond donors (Lipinski definition) is 2. The van der Waals surface area contributed by atoms with Gasteiger partial charge in [0, 0.05) is 6.42 Å². The Morgan fingerprint density at radius 1 is 1.14 bits per heavy atom. The first kappa shape index (κ1) is 19.9. The van der Waals surface area contributed by atoms with Crippen LogP contribution in [-0.2, 0) is 23.9 Å². The van der Waals surface area contributed by atoms with Crippen molar-refractivity contribution in [2.45, 2.75) is 64.3 Å². The summed E-state index contributed by atoms with van der Waals surface area (Å²) in [5.74, 6) is -2.42. The molecule has 8 heteroatoms. The van der Waals surface area contributed by atoms with Gasteiger partial charge in [-0.1, -0.05) is 39.0 Å². The van der Waals surface area contributed by atoms with E-state index in [9.17, 15) is 18.0 Å². The molecule has 21 heavy (non-hydrogen) atoms. The highest BCUT2D eigenvalue weighted by Gasteiger charge is 2.23. The Hall–Kier alpha value is -1.15. The summed E-state index contributed by atoms with van der Waals surface area (Å²) in [6, 6.07) is -1.24. The van der Waals surface area contributed by atoms with Gasteiger partial charge in [-0.3, -0.25) is 4.79 Å². The van der Waals surface area contributed by atoms with Gasteiger partial charge >= 0.3 is 22.1 Å². The maximum atomic E-state index is 11.6. The fourth-order valence-corrected chi connectivity index (χ4v) is 2.70. The molecule has 0 aliphatic rings. The molecule has 0 heterocycles. The number of hydrogen-bond acceptors (Lipinski definition) is 6. The lowest BCUT2D eigenvalue weighted by atomic mass is 10.1. The van der Waals surface area contributed by atoms with E-state index in [1.165, 1.54) is 0 Å². The van der Waals surface area contributed by atoms with Crippen LogP contribution in [0.15, 0.2) is 0 Å². The normalized spacial score (nSPS) is 12.9. The van der Waals surface area contributed by atoms with E-state index in [1.807, 2.05) is 0 Å². The zero-order valence-corrected chi connectivity index (χ0v) is 13.2. The molecule has 0 saturated heterocycles. The van der Waals surface area contributed by atoms with Crippen LogP contribution in [0.3, 0.4) is 0 Å². The number of unbranched alkanes of at least 4 members (excludes halogenated alkanes) is 5. The smallest absolute Gasteiger partial charge is 0.338 e. The third-order valence-corrected chi connectivity index (χ3v) is 4.14. The van der Waals surface area contributed by atoms with Crippen LogP contribution in [0.1, 0.15) is 58.3 Å². The fraction of sp³-hybridized carbons (Fsp3) is 0.846. The van der Waals surface area contributed by atoms with E-state index in [0.717, 1.165) is 32.1 Å². The molecule has 0 rings (SSSR count). The molecule has 0 radical (unpaired) electrons. The summed E-state index contributed by atoms with van der Waals surface area (Å²) in [5, 5.41) is 8.46. The Bertz CT molecular complexity index is 420. The molecule has 0 aromatic carbocycles. The molecule has 0 saturated carbocycles. The second-order valence-electron chi connectivity index (χ2n) is 4.97. The van der Waals surface area contributed by atoms with E-state index in [2.05, 4.69) is 11.1 Å². The first-order chi connectivity index (χ1) is 9.78. The highest BCUT2D eigenvalue weighted by Crippen LogP contribution is 2.08. The molecule has 0 fully saturated rings. The Morgan fingerprint density at radius 2 is 1.71 bits per heavy atom. The molecule has 7 nitrogen and oxygen atoms in total. The molecule has 124 valence electrons. The summed E-state index contributed by atoms with van der Waals surface area (Å²) < 4.78 is 27.5. The number of carbonyl (C=O) groups is 2. The van der Waals surface area contributed by atoms with Gasteiger partial charge in [-0.2, -0.15) is 8.42 Å². The van der Waals surface area contributed by atoms with Crippen LogP contribution in [0.2, 0.25) is 0 Å². The summed E-state index contributed by atoms with van der Waals surface area (Å²) in [6.45, 7) is 2.09. The molecule has 1 unspecified atom stereocenters. The van der Waals surface area contributed by atoms with Crippen molar-refractivity contribution in [3.8, 4) is 0 Å². The maximum absolute atomic E-state index is 11.6. The lowest BCUT2D eigenvalue weighted by Gasteiger charge is -2.10. The van der Waals surface area contributed by atoms with Crippen LogP contribution in [0.5, 0.6) is 0 Å². The summed E-state index contributed by atoms with van der Waals surface area (Å²) >= 11 is 0. The minimum atomic E-state index is -3.93. The van der Waals surface area contributed by atoms with Gasteiger partial charge in [0.25, 0.3) is 0 Å². The van der Waals surface area contributed by atoms with Crippen molar-refractivity contribution in [1.29, 1.82) is 0 Å². The van der Waals surface area contributed by atoms with Gasteiger partial charge in [0.2, 0.25) is 0 Å². The lowest BCUT2D eigenvalue weighted by Crippen LogP contribution is -2.34. The molecule has 0 amide bonds. The Morgan fingerprint density at radius 3 is 2.29 bits per heavy atom. The minimum absolute atomic E-state index is 0.152. The van der Waals surface area contributed by atoms with Crippen LogP contribution < -0.4 is 5.73 Å². The van der Waals surface area contributed by atoms with Crippen LogP contribution in [0, 0.1) is 0 Å². The maximum Gasteiger partial charge on any atom is 0.338 e. The molecular formula is C13H25NO6S. The molecule has 0 aromatic heterocycles. The molecule has 1 atom stereocenters. The quantitative estimate of drug-likeness (QED) is 0.411. The van der Waals surface area contributed by atoms with Gasteiger partial charge in [-0.25, -0.2) is 4.79 Å². The van der Waals surface area contributed by atoms with E-state index in [1.54, 1.807) is 0 Å². The Balaban J connectivity index is 3.99. The van der Waals surface area contributed by atoms with E-state index >= 15 is 0 Å². The van der Waals surface area contributed by atoms with Gasteiger partial charge < -0.3 is 15.0 Å². The molecule has 0 aliphatic carbocycles. The number of aliphatic carboxylic acids is 1. The predicted octanol–water partition coefficient (Wildman–Crippen LogP) is 1.41. The van der Waals surface area contributed by atoms with Gasteiger partial charge in [0.1, 0.15) is 6.04 Å². The van der Waals surface area contributed by atoms with Crippen molar-refractivity contribution in [1.82, 2.24) is 0 Å². The molecule has 0 aliphatic heterocycles. The zero-order chi connectivity index (χ0) is 16.3. The SMILES string of the molecule is CCCCCCCCS(=O)(=O)OC(=O)C(N)CCC(=O)O. The van der Waals surface area contributed by atoms with Crippen molar-refractivity contribution in [2.24, 2.45) is 5.73 Å². The largest absolute Gasteiger partial charge is 0.481 e. The van der Waals surface area contributed by atoms with Crippen LogP contribution >= 0.6 is 0 Å². The van der Waals surface area contributed by atoms with Crippen LogP contribution in [0.4, 0.5) is 0 Å². The average molecular weight is 323 g/mol. The number of carboxylic acids is 1. The summed E-state index contributed by atoms with van der Waals surface area (Å²) in [7, 11) is -3.93. The Kier molecular flexibility index (Phi) is 9.98. The molecule has 0 aromatic rings. The van der Waals surface area contributed by atoms with Gasteiger partial charge in [0.15, 0.2) is 0 Å². The molecule has 0 spiro atoms. The average Bonchev–Trinajstić information content (AvgIpc) is 2.39. The van der Waals surface area contributed by atoms with Crippen LogP contribution in [0.25, 0.3) is 0 Å². The molecule has 3 N–H and O–H groups in total. The van der Waals surface area contributed by atoms with Crippen molar-refractivity contribution in [3.05, 3.63) is 0 Å². The van der Waals surface area contributed by atoms with Gasteiger partial charge in [0.05, 0.1) is 5.75 Å². The first-order valence-electron chi connectivity index (χ1n) is 7.22. The Labute approximate surface area is 126 Å². The number of nitrogens with two attached hydrogens (primary N) is 1.